The Labute approximate surface area is 175 Å². The molecule has 1 aliphatic rings. The highest BCUT2D eigenvalue weighted by Gasteiger charge is 2.27. The molecule has 7 heteroatoms. The fourth-order valence-electron chi connectivity index (χ4n) is 3.58. The van der Waals surface area contributed by atoms with Crippen molar-refractivity contribution in [2.75, 3.05) is 26.1 Å². The van der Waals surface area contributed by atoms with Gasteiger partial charge in [0.25, 0.3) is 5.91 Å². The fraction of sp³-hybridized carbons (Fsp3) is 0.455. The molecule has 29 heavy (non-hydrogen) atoms. The number of rotatable bonds is 6. The van der Waals surface area contributed by atoms with Gasteiger partial charge in [0.1, 0.15) is 16.5 Å². The van der Waals surface area contributed by atoms with E-state index >= 15 is 0 Å². The highest BCUT2D eigenvalue weighted by atomic mass is 32.1. The minimum Gasteiger partial charge on any atom is -0.497 e. The Morgan fingerprint density at radius 1 is 1.07 bits per heavy atom. The molecule has 6 nitrogen and oxygen atoms in total. The lowest BCUT2D eigenvalue weighted by molar-refractivity contribution is 0.0526. The highest BCUT2D eigenvalue weighted by molar-refractivity contribution is 7.17. The van der Waals surface area contributed by atoms with Gasteiger partial charge in [-0.1, -0.05) is 12.8 Å². The number of anilines is 1. The van der Waals surface area contributed by atoms with Crippen molar-refractivity contribution < 1.29 is 23.8 Å². The van der Waals surface area contributed by atoms with Gasteiger partial charge in [-0.15, -0.1) is 11.3 Å². The van der Waals surface area contributed by atoms with Gasteiger partial charge in [-0.05, 0) is 50.3 Å². The van der Waals surface area contributed by atoms with Gasteiger partial charge < -0.3 is 19.5 Å². The third-order valence-corrected chi connectivity index (χ3v) is 6.24. The Morgan fingerprint density at radius 3 is 2.52 bits per heavy atom. The molecular weight excluding hydrogens is 390 g/mol. The van der Waals surface area contributed by atoms with Gasteiger partial charge in [0.2, 0.25) is 0 Å². The van der Waals surface area contributed by atoms with Crippen LogP contribution in [0.4, 0.5) is 5.00 Å². The zero-order valence-corrected chi connectivity index (χ0v) is 17.9. The molecule has 0 saturated carbocycles. The Bertz CT molecular complexity index is 890. The summed E-state index contributed by atoms with van der Waals surface area (Å²) in [4.78, 5) is 26.9. The second kappa shape index (κ2) is 9.78. The topological polar surface area (TPSA) is 73.9 Å². The fourth-order valence-corrected chi connectivity index (χ4v) is 4.86. The number of methoxy groups -OCH3 is 2. The van der Waals surface area contributed by atoms with E-state index in [1.54, 1.807) is 32.2 Å². The summed E-state index contributed by atoms with van der Waals surface area (Å²) in [6.07, 6.45) is 6.24. The molecule has 1 aliphatic carbocycles. The number of hydrogen-bond donors (Lipinski definition) is 1. The molecule has 0 spiro atoms. The van der Waals surface area contributed by atoms with E-state index in [4.69, 9.17) is 14.2 Å². The molecule has 0 fully saturated rings. The first-order valence-corrected chi connectivity index (χ1v) is 10.8. The van der Waals surface area contributed by atoms with Crippen molar-refractivity contribution >= 4 is 28.2 Å². The van der Waals surface area contributed by atoms with Crippen LogP contribution in [0.1, 0.15) is 63.8 Å². The molecule has 1 amide bonds. The highest BCUT2D eigenvalue weighted by Crippen LogP contribution is 2.38. The van der Waals surface area contributed by atoms with Gasteiger partial charge >= 0.3 is 5.97 Å². The molecule has 0 radical (unpaired) electrons. The van der Waals surface area contributed by atoms with Gasteiger partial charge in [0.15, 0.2) is 0 Å². The van der Waals surface area contributed by atoms with E-state index in [-0.39, 0.29) is 11.9 Å². The Hall–Kier alpha value is -2.54. The first-order chi connectivity index (χ1) is 14.1. The summed E-state index contributed by atoms with van der Waals surface area (Å²) in [6.45, 7) is 2.08. The minimum absolute atomic E-state index is 0.295. The molecule has 3 rings (SSSR count). The van der Waals surface area contributed by atoms with Crippen LogP contribution in [0, 0.1) is 0 Å². The Balaban J connectivity index is 1.96. The second-order valence-electron chi connectivity index (χ2n) is 6.86. The molecule has 1 heterocycles. The zero-order chi connectivity index (χ0) is 20.8. The summed E-state index contributed by atoms with van der Waals surface area (Å²) in [6, 6.07) is 5.02. The van der Waals surface area contributed by atoms with Crippen molar-refractivity contribution in [2.45, 2.75) is 45.4 Å². The predicted molar refractivity (Wildman–Crippen MR) is 114 cm³/mol. The van der Waals surface area contributed by atoms with Crippen LogP contribution in [-0.2, 0) is 17.6 Å². The van der Waals surface area contributed by atoms with Crippen molar-refractivity contribution in [1.29, 1.82) is 0 Å². The summed E-state index contributed by atoms with van der Waals surface area (Å²) in [5, 5.41) is 3.49. The monoisotopic (exact) mass is 417 g/mol. The number of ether oxygens (including phenoxy) is 3. The largest absolute Gasteiger partial charge is 0.497 e. The number of benzene rings is 1. The standard InChI is InChI=1S/C22H27NO5S/c1-4-28-22(25)19-16-9-7-5-6-8-10-18(16)29-21(19)23-20(24)15-12-11-14(26-2)13-17(15)27-3/h11-13H,4-10H2,1-3H3,(H,23,24). The maximum absolute atomic E-state index is 13.0. The number of carbonyl (C=O) groups is 2. The summed E-state index contributed by atoms with van der Waals surface area (Å²) in [5.74, 6) is 0.311. The molecule has 0 saturated heterocycles. The van der Waals surface area contributed by atoms with Gasteiger partial charge in [0.05, 0.1) is 32.0 Å². The molecule has 1 aromatic heterocycles. The first-order valence-electron chi connectivity index (χ1n) is 9.94. The predicted octanol–water partition coefficient (Wildman–Crippen LogP) is 4.85. The van der Waals surface area contributed by atoms with Gasteiger partial charge in [-0.25, -0.2) is 4.79 Å². The molecule has 1 N–H and O–H groups in total. The summed E-state index contributed by atoms with van der Waals surface area (Å²) >= 11 is 1.48. The number of amides is 1. The lowest BCUT2D eigenvalue weighted by atomic mass is 9.96. The minimum atomic E-state index is -0.373. The number of carbonyl (C=O) groups excluding carboxylic acids is 2. The summed E-state index contributed by atoms with van der Waals surface area (Å²) in [7, 11) is 3.06. The number of aryl methyl sites for hydroxylation is 1. The van der Waals surface area contributed by atoms with Gasteiger partial charge in [-0.3, -0.25) is 4.79 Å². The molecule has 0 aliphatic heterocycles. The Kier molecular flexibility index (Phi) is 7.14. The van der Waals surface area contributed by atoms with Crippen molar-refractivity contribution in [3.8, 4) is 11.5 Å². The third-order valence-electron chi connectivity index (χ3n) is 5.03. The average Bonchev–Trinajstić information content (AvgIpc) is 3.03. The van der Waals surface area contributed by atoms with Crippen LogP contribution in [0.25, 0.3) is 0 Å². The van der Waals surface area contributed by atoms with Crippen molar-refractivity contribution in [2.24, 2.45) is 0 Å². The lowest BCUT2D eigenvalue weighted by Gasteiger charge is -2.12. The molecule has 1 aromatic carbocycles. The maximum Gasteiger partial charge on any atom is 0.341 e. The van der Waals surface area contributed by atoms with Crippen molar-refractivity contribution in [1.82, 2.24) is 0 Å². The van der Waals surface area contributed by atoms with E-state index < -0.39 is 0 Å². The lowest BCUT2D eigenvalue weighted by Crippen LogP contribution is -2.16. The van der Waals surface area contributed by atoms with E-state index in [0.29, 0.717) is 34.2 Å². The molecule has 156 valence electrons. The molecular formula is C22H27NO5S. The van der Waals surface area contributed by atoms with E-state index in [0.717, 1.165) is 37.7 Å². The number of thiophene rings is 1. The molecule has 2 aromatic rings. The SMILES string of the molecule is CCOC(=O)c1c(NC(=O)c2ccc(OC)cc2OC)sc2c1CCCCCC2. The first kappa shape index (κ1) is 21.2. The van der Waals surface area contributed by atoms with E-state index in [1.165, 1.54) is 29.7 Å². The van der Waals surface area contributed by atoms with Gasteiger partial charge in [-0.2, -0.15) is 0 Å². The van der Waals surface area contributed by atoms with E-state index in [9.17, 15) is 9.59 Å². The normalized spacial score (nSPS) is 13.6. The van der Waals surface area contributed by atoms with Crippen LogP contribution < -0.4 is 14.8 Å². The maximum atomic E-state index is 13.0. The van der Waals surface area contributed by atoms with E-state index in [2.05, 4.69) is 5.32 Å². The average molecular weight is 418 g/mol. The van der Waals surface area contributed by atoms with Crippen LogP contribution in [0.5, 0.6) is 11.5 Å². The van der Waals surface area contributed by atoms with Crippen LogP contribution in [0.2, 0.25) is 0 Å². The zero-order valence-electron chi connectivity index (χ0n) is 17.1. The number of esters is 1. The van der Waals surface area contributed by atoms with Crippen molar-refractivity contribution in [3.05, 3.63) is 39.8 Å². The summed E-state index contributed by atoms with van der Waals surface area (Å²) < 4.78 is 15.8. The quantitative estimate of drug-likeness (QED) is 0.680. The smallest absolute Gasteiger partial charge is 0.341 e. The van der Waals surface area contributed by atoms with Crippen LogP contribution in [0.15, 0.2) is 18.2 Å². The van der Waals surface area contributed by atoms with Gasteiger partial charge in [0, 0.05) is 10.9 Å². The number of fused-ring (bicyclic) bond motifs is 1. The van der Waals surface area contributed by atoms with Crippen LogP contribution >= 0.6 is 11.3 Å². The second-order valence-corrected chi connectivity index (χ2v) is 7.97. The van der Waals surface area contributed by atoms with Crippen LogP contribution in [0.3, 0.4) is 0 Å². The Morgan fingerprint density at radius 2 is 1.83 bits per heavy atom. The molecule has 0 unspecified atom stereocenters. The summed E-state index contributed by atoms with van der Waals surface area (Å²) in [5.41, 5.74) is 1.92. The van der Waals surface area contributed by atoms with Crippen LogP contribution in [-0.4, -0.2) is 32.7 Å². The van der Waals surface area contributed by atoms with E-state index in [1.807, 2.05) is 0 Å². The number of nitrogens with one attached hydrogen (secondary N) is 1. The number of hydrogen-bond acceptors (Lipinski definition) is 6. The van der Waals surface area contributed by atoms with Crippen molar-refractivity contribution in [3.63, 3.8) is 0 Å². The third kappa shape index (κ3) is 4.72. The molecule has 0 bridgehead atoms. The molecule has 0 atom stereocenters.